The zero-order valence-electron chi connectivity index (χ0n) is 10.8. The third-order valence-corrected chi connectivity index (χ3v) is 4.05. The molecule has 0 saturated carbocycles. The lowest BCUT2D eigenvalue weighted by Crippen LogP contribution is -2.37. The van der Waals surface area contributed by atoms with Gasteiger partial charge in [0.25, 0.3) is 0 Å². The highest BCUT2D eigenvalue weighted by atomic mass is 35.5. The zero-order chi connectivity index (χ0) is 15.3. The Morgan fingerprint density at radius 2 is 2.10 bits per heavy atom. The van der Waals surface area contributed by atoms with Gasteiger partial charge in [-0.05, 0) is 12.1 Å². The first-order valence-electron chi connectivity index (χ1n) is 5.41. The molecule has 1 rings (SSSR count). The molecular formula is C11H14ClNO6S. The number of aliphatic hydroxyl groups is 1. The van der Waals surface area contributed by atoms with Crippen LogP contribution in [0, 0.1) is 0 Å². The van der Waals surface area contributed by atoms with Gasteiger partial charge in [0.1, 0.15) is 10.6 Å². The molecule has 1 aromatic carbocycles. The van der Waals surface area contributed by atoms with Gasteiger partial charge in [-0.3, -0.25) is 0 Å². The smallest absolute Gasteiger partial charge is 0.336 e. The highest BCUT2D eigenvalue weighted by Crippen LogP contribution is 2.26. The fourth-order valence-corrected chi connectivity index (χ4v) is 2.70. The van der Waals surface area contributed by atoms with Gasteiger partial charge in [0, 0.05) is 17.6 Å². The van der Waals surface area contributed by atoms with Gasteiger partial charge in [0.15, 0.2) is 6.10 Å². The maximum atomic E-state index is 12.0. The summed E-state index contributed by atoms with van der Waals surface area (Å²) < 4.78 is 35.4. The molecule has 0 spiro atoms. The number of esters is 1. The van der Waals surface area contributed by atoms with Crippen LogP contribution in [0.1, 0.15) is 0 Å². The van der Waals surface area contributed by atoms with Crippen LogP contribution in [-0.2, 0) is 19.6 Å². The van der Waals surface area contributed by atoms with Crippen LogP contribution in [0.4, 0.5) is 0 Å². The molecule has 0 fully saturated rings. The van der Waals surface area contributed by atoms with E-state index in [2.05, 4.69) is 9.46 Å². The monoisotopic (exact) mass is 323 g/mol. The lowest BCUT2D eigenvalue weighted by Gasteiger charge is -2.12. The van der Waals surface area contributed by atoms with Crippen molar-refractivity contribution in [3.63, 3.8) is 0 Å². The number of hydrogen-bond acceptors (Lipinski definition) is 6. The normalized spacial score (nSPS) is 12.8. The molecule has 1 aromatic rings. The summed E-state index contributed by atoms with van der Waals surface area (Å²) in [4.78, 5) is 10.8. The molecule has 0 aliphatic heterocycles. The van der Waals surface area contributed by atoms with Crippen molar-refractivity contribution in [1.82, 2.24) is 4.72 Å². The Bertz CT molecular complexity index is 589. The second kappa shape index (κ2) is 6.89. The molecule has 20 heavy (non-hydrogen) atoms. The van der Waals surface area contributed by atoms with Crippen LogP contribution in [0.5, 0.6) is 5.75 Å². The Hall–Kier alpha value is -1.35. The summed E-state index contributed by atoms with van der Waals surface area (Å²) >= 11 is 5.74. The van der Waals surface area contributed by atoms with Crippen molar-refractivity contribution in [3.05, 3.63) is 23.2 Å². The molecule has 0 aromatic heterocycles. The van der Waals surface area contributed by atoms with Gasteiger partial charge in [-0.1, -0.05) is 11.6 Å². The molecular weight excluding hydrogens is 310 g/mol. The maximum absolute atomic E-state index is 12.0. The first-order chi connectivity index (χ1) is 9.31. The molecule has 0 aliphatic rings. The van der Waals surface area contributed by atoms with Gasteiger partial charge in [0.2, 0.25) is 10.0 Å². The summed E-state index contributed by atoms with van der Waals surface area (Å²) in [5.74, 6) is -0.881. The van der Waals surface area contributed by atoms with E-state index in [1.807, 2.05) is 0 Å². The summed E-state index contributed by atoms with van der Waals surface area (Å²) in [5.41, 5.74) is 0. The lowest BCUT2D eigenvalue weighted by molar-refractivity contribution is -0.149. The van der Waals surface area contributed by atoms with Gasteiger partial charge in [0.05, 0.1) is 14.2 Å². The number of halogens is 1. The first-order valence-corrected chi connectivity index (χ1v) is 7.27. The van der Waals surface area contributed by atoms with E-state index < -0.39 is 28.6 Å². The van der Waals surface area contributed by atoms with Crippen LogP contribution >= 0.6 is 11.6 Å². The largest absolute Gasteiger partial charge is 0.495 e. The van der Waals surface area contributed by atoms with Crippen LogP contribution in [-0.4, -0.2) is 46.4 Å². The predicted octanol–water partition coefficient (Wildman–Crippen LogP) is 0.161. The molecule has 0 radical (unpaired) electrons. The second-order valence-electron chi connectivity index (χ2n) is 3.69. The minimum Gasteiger partial charge on any atom is -0.495 e. The van der Waals surface area contributed by atoms with Gasteiger partial charge in [-0.2, -0.15) is 0 Å². The highest BCUT2D eigenvalue weighted by molar-refractivity contribution is 7.89. The summed E-state index contributed by atoms with van der Waals surface area (Å²) in [7, 11) is -1.57. The van der Waals surface area contributed by atoms with Gasteiger partial charge >= 0.3 is 5.97 Å². The standard InChI is InChI=1S/C11H14ClNO6S/c1-18-9-5-7(12)3-4-10(9)20(16,17)13-6-8(14)11(15)19-2/h3-5,8,13-14H,6H2,1-2H3. The van der Waals surface area contributed by atoms with Crippen LogP contribution in [0.25, 0.3) is 0 Å². The average Bonchev–Trinajstić information content (AvgIpc) is 2.43. The minimum atomic E-state index is -3.96. The van der Waals surface area contributed by atoms with Crippen LogP contribution < -0.4 is 9.46 Å². The summed E-state index contributed by atoms with van der Waals surface area (Å²) in [6.45, 7) is -0.513. The van der Waals surface area contributed by atoms with Crippen LogP contribution in [0.2, 0.25) is 5.02 Å². The van der Waals surface area contributed by atoms with Crippen molar-refractivity contribution in [2.45, 2.75) is 11.0 Å². The fraction of sp³-hybridized carbons (Fsp3) is 0.364. The number of ether oxygens (including phenoxy) is 2. The van der Waals surface area contributed by atoms with Crippen molar-refractivity contribution in [2.75, 3.05) is 20.8 Å². The Kier molecular flexibility index (Phi) is 5.75. The minimum absolute atomic E-state index is 0.0533. The van der Waals surface area contributed by atoms with Crippen molar-refractivity contribution in [3.8, 4) is 5.75 Å². The number of hydrogen-bond donors (Lipinski definition) is 2. The molecule has 2 N–H and O–H groups in total. The summed E-state index contributed by atoms with van der Waals surface area (Å²) in [6.07, 6.45) is -1.59. The molecule has 0 amide bonds. The molecule has 0 saturated heterocycles. The molecule has 7 nitrogen and oxygen atoms in total. The predicted molar refractivity (Wildman–Crippen MR) is 71.2 cm³/mol. The van der Waals surface area contributed by atoms with E-state index in [-0.39, 0.29) is 10.6 Å². The number of methoxy groups -OCH3 is 2. The van der Waals surface area contributed by atoms with Crippen molar-refractivity contribution in [2.24, 2.45) is 0 Å². The molecule has 1 unspecified atom stereocenters. The molecule has 1 atom stereocenters. The number of benzene rings is 1. The van der Waals surface area contributed by atoms with E-state index in [1.54, 1.807) is 0 Å². The molecule has 112 valence electrons. The fourth-order valence-electron chi connectivity index (χ4n) is 1.35. The quantitative estimate of drug-likeness (QED) is 0.723. The van der Waals surface area contributed by atoms with Crippen LogP contribution in [0.3, 0.4) is 0 Å². The number of nitrogens with one attached hydrogen (secondary N) is 1. The molecule has 0 aliphatic carbocycles. The summed E-state index contributed by atoms with van der Waals surface area (Å²) in [5, 5.41) is 9.66. The summed E-state index contributed by atoms with van der Waals surface area (Å²) in [6, 6.07) is 3.98. The molecule has 0 heterocycles. The van der Waals surface area contributed by atoms with Crippen molar-refractivity contribution >= 4 is 27.6 Å². The third kappa shape index (κ3) is 4.07. The van der Waals surface area contributed by atoms with E-state index in [1.165, 1.54) is 25.3 Å². The maximum Gasteiger partial charge on any atom is 0.336 e. The number of aliphatic hydroxyl groups excluding tert-OH is 1. The Morgan fingerprint density at radius 3 is 2.65 bits per heavy atom. The highest BCUT2D eigenvalue weighted by Gasteiger charge is 2.23. The average molecular weight is 324 g/mol. The van der Waals surface area contributed by atoms with Crippen molar-refractivity contribution < 1.29 is 27.8 Å². The topological polar surface area (TPSA) is 102 Å². The molecule has 0 bridgehead atoms. The van der Waals surface area contributed by atoms with E-state index >= 15 is 0 Å². The Morgan fingerprint density at radius 1 is 1.45 bits per heavy atom. The van der Waals surface area contributed by atoms with E-state index in [9.17, 15) is 18.3 Å². The second-order valence-corrected chi connectivity index (χ2v) is 5.86. The van der Waals surface area contributed by atoms with E-state index in [0.29, 0.717) is 5.02 Å². The lowest BCUT2D eigenvalue weighted by atomic mass is 10.3. The molecule has 9 heteroatoms. The number of carbonyl (C=O) groups excluding carboxylic acids is 1. The van der Waals surface area contributed by atoms with Crippen LogP contribution in [0.15, 0.2) is 23.1 Å². The van der Waals surface area contributed by atoms with Gasteiger partial charge in [-0.25, -0.2) is 17.9 Å². The zero-order valence-corrected chi connectivity index (χ0v) is 12.4. The Labute approximate surface area is 121 Å². The Balaban J connectivity index is 2.92. The number of rotatable bonds is 6. The number of carbonyl (C=O) groups is 1. The van der Waals surface area contributed by atoms with Gasteiger partial charge in [-0.15, -0.1) is 0 Å². The van der Waals surface area contributed by atoms with E-state index in [4.69, 9.17) is 16.3 Å². The van der Waals surface area contributed by atoms with E-state index in [0.717, 1.165) is 7.11 Å². The SMILES string of the molecule is COC(=O)C(O)CNS(=O)(=O)c1ccc(Cl)cc1OC. The first kappa shape index (κ1) is 16.7. The third-order valence-electron chi connectivity index (χ3n) is 2.36. The van der Waals surface area contributed by atoms with Crippen molar-refractivity contribution in [1.29, 1.82) is 0 Å². The number of sulfonamides is 1. The van der Waals surface area contributed by atoms with Gasteiger partial charge < -0.3 is 14.6 Å².